The number of ether oxygens (including phenoxy) is 8. The molecule has 286 valence electrons. The summed E-state index contributed by atoms with van der Waals surface area (Å²) in [5, 5.41) is 0. The maximum Gasteiger partial charge on any atom is 0.325 e. The molecule has 0 atom stereocenters. The zero-order valence-electron chi connectivity index (χ0n) is 30.7. The fourth-order valence-corrected chi connectivity index (χ4v) is 5.03. The third kappa shape index (κ3) is 12.7. The van der Waals surface area contributed by atoms with Crippen LogP contribution in [0.3, 0.4) is 0 Å². The van der Waals surface area contributed by atoms with Gasteiger partial charge < -0.3 is 47.7 Å². The lowest BCUT2D eigenvalue weighted by molar-refractivity contribution is -0.141. The number of hydrogen-bond donors (Lipinski definition) is 0. The number of anilines is 2. The van der Waals surface area contributed by atoms with E-state index in [0.717, 1.165) is 11.1 Å². The van der Waals surface area contributed by atoms with Gasteiger partial charge in [-0.3, -0.25) is 19.2 Å². The second-order valence-corrected chi connectivity index (χ2v) is 11.5. The first-order valence-corrected chi connectivity index (χ1v) is 16.9. The van der Waals surface area contributed by atoms with E-state index in [9.17, 15) is 19.2 Å². The van der Waals surface area contributed by atoms with Crippen molar-refractivity contribution in [3.05, 3.63) is 108 Å². The molecule has 0 N–H and O–H groups in total. The predicted molar refractivity (Wildman–Crippen MR) is 198 cm³/mol. The summed E-state index contributed by atoms with van der Waals surface area (Å²) in [4.78, 5) is 52.6. The van der Waals surface area contributed by atoms with Crippen LogP contribution in [0.25, 0.3) is 0 Å². The number of benzene rings is 4. The first-order valence-electron chi connectivity index (χ1n) is 16.9. The molecule has 0 aliphatic heterocycles. The monoisotopic (exact) mass is 744 g/mol. The van der Waals surface area contributed by atoms with E-state index in [4.69, 9.17) is 37.9 Å². The fraction of sp³-hybridized carbons (Fsp3) is 0.300. The van der Waals surface area contributed by atoms with Gasteiger partial charge >= 0.3 is 23.9 Å². The molecule has 0 saturated carbocycles. The minimum atomic E-state index is -0.587. The molecular formula is C40H44N2O12. The van der Waals surface area contributed by atoms with E-state index in [1.165, 1.54) is 38.2 Å². The van der Waals surface area contributed by atoms with Crippen molar-refractivity contribution in [1.82, 2.24) is 0 Å². The number of hydrogen-bond acceptors (Lipinski definition) is 14. The highest BCUT2D eigenvalue weighted by Crippen LogP contribution is 2.35. The number of esters is 4. The molecule has 14 nitrogen and oxygen atoms in total. The van der Waals surface area contributed by atoms with Crippen LogP contribution in [0.5, 0.6) is 23.0 Å². The molecular weight excluding hydrogens is 700 g/mol. The molecule has 54 heavy (non-hydrogen) atoms. The average molecular weight is 745 g/mol. The second kappa shape index (κ2) is 21.2. The molecule has 4 rings (SSSR count). The zero-order chi connectivity index (χ0) is 38.7. The van der Waals surface area contributed by atoms with Crippen molar-refractivity contribution in [2.75, 3.05) is 77.6 Å². The van der Waals surface area contributed by atoms with Gasteiger partial charge in [0.15, 0.2) is 0 Å². The van der Waals surface area contributed by atoms with Crippen LogP contribution in [-0.2, 0) is 51.3 Å². The molecule has 0 spiro atoms. The summed E-state index contributed by atoms with van der Waals surface area (Å²) in [6.45, 7) is -0.550. The molecule has 0 aliphatic carbocycles. The van der Waals surface area contributed by atoms with Gasteiger partial charge in [0.1, 0.15) is 75.6 Å². The van der Waals surface area contributed by atoms with Gasteiger partial charge in [-0.15, -0.1) is 0 Å². The van der Waals surface area contributed by atoms with Gasteiger partial charge in [-0.2, -0.15) is 0 Å². The zero-order valence-corrected chi connectivity index (χ0v) is 30.7. The molecule has 4 aromatic rings. The summed E-state index contributed by atoms with van der Waals surface area (Å²) in [6, 6.07) is 29.2. The number of carbonyl (C=O) groups excluding carboxylic acids is 4. The molecule has 14 heteroatoms. The van der Waals surface area contributed by atoms with E-state index in [2.05, 4.69) is 0 Å². The highest BCUT2D eigenvalue weighted by molar-refractivity contribution is 5.84. The number of methoxy groups -OCH3 is 4. The van der Waals surface area contributed by atoms with Gasteiger partial charge in [-0.05, 0) is 35.4 Å². The summed E-state index contributed by atoms with van der Waals surface area (Å²) in [6.07, 6.45) is 0. The highest BCUT2D eigenvalue weighted by Gasteiger charge is 2.23. The van der Waals surface area contributed by atoms with E-state index >= 15 is 0 Å². The Morgan fingerprint density at radius 3 is 1.09 bits per heavy atom. The van der Waals surface area contributed by atoms with Crippen LogP contribution in [0, 0.1) is 0 Å². The van der Waals surface area contributed by atoms with Crippen LogP contribution in [0.4, 0.5) is 11.4 Å². The third-order valence-electron chi connectivity index (χ3n) is 7.83. The van der Waals surface area contributed by atoms with Gasteiger partial charge in [0.05, 0.1) is 39.8 Å². The Hall–Kier alpha value is -6.44. The fourth-order valence-electron chi connectivity index (χ4n) is 5.03. The summed E-state index contributed by atoms with van der Waals surface area (Å²) in [5.74, 6) is -0.776. The molecule has 0 fully saturated rings. The lowest BCUT2D eigenvalue weighted by Crippen LogP contribution is -2.36. The quantitative estimate of drug-likeness (QED) is 0.0664. The molecule has 0 aromatic heterocycles. The van der Waals surface area contributed by atoms with Gasteiger partial charge in [-0.1, -0.05) is 60.7 Å². The predicted octanol–water partition coefficient (Wildman–Crippen LogP) is 4.61. The van der Waals surface area contributed by atoms with Crippen LogP contribution < -0.4 is 28.7 Å². The van der Waals surface area contributed by atoms with Gasteiger partial charge in [-0.25, -0.2) is 0 Å². The summed E-state index contributed by atoms with van der Waals surface area (Å²) < 4.78 is 43.9. The molecule has 0 amide bonds. The van der Waals surface area contributed by atoms with E-state index in [0.29, 0.717) is 34.4 Å². The minimum Gasteiger partial charge on any atom is -0.489 e. The van der Waals surface area contributed by atoms with Crippen LogP contribution in [0.15, 0.2) is 97.1 Å². The Bertz CT molecular complexity index is 1650. The van der Waals surface area contributed by atoms with E-state index in [1.54, 1.807) is 36.4 Å². The molecule has 0 heterocycles. The van der Waals surface area contributed by atoms with Crippen LogP contribution in [0.2, 0.25) is 0 Å². The molecule has 0 aliphatic rings. The standard InChI is InChI=1S/C40H44N2O12/c1-47-37(43)23-41(24-38(44)48-2)33-21-31(53-27-29-11-7-5-8-12-29)15-17-35(33)51-19-20-52-36-18-16-32(54-28-30-13-9-6-10-14-30)22-34(36)42(25-39(45)49-3)26-40(46)50-4/h5-18,21-22H,19-20,23-28H2,1-4H3. The number of rotatable bonds is 21. The van der Waals surface area contributed by atoms with E-state index in [1.807, 2.05) is 60.7 Å². The maximum absolute atomic E-state index is 12.4. The highest BCUT2D eigenvalue weighted by atomic mass is 16.5. The Kier molecular flexibility index (Phi) is 15.8. The van der Waals surface area contributed by atoms with E-state index < -0.39 is 23.9 Å². The normalized spacial score (nSPS) is 10.4. The van der Waals surface area contributed by atoms with Crippen molar-refractivity contribution in [2.24, 2.45) is 0 Å². The first kappa shape index (κ1) is 40.3. The number of carbonyl (C=O) groups is 4. The molecule has 0 saturated heterocycles. The Balaban J connectivity index is 1.57. The summed E-state index contributed by atoms with van der Waals surface area (Å²) in [7, 11) is 5.00. The minimum absolute atomic E-state index is 0.00120. The lowest BCUT2D eigenvalue weighted by atomic mass is 10.2. The van der Waals surface area contributed by atoms with Crippen molar-refractivity contribution in [2.45, 2.75) is 13.2 Å². The maximum atomic E-state index is 12.4. The lowest BCUT2D eigenvalue weighted by Gasteiger charge is -2.26. The van der Waals surface area contributed by atoms with Gasteiger partial charge in [0, 0.05) is 12.1 Å². The van der Waals surface area contributed by atoms with Crippen molar-refractivity contribution < 1.29 is 57.1 Å². The van der Waals surface area contributed by atoms with Crippen LogP contribution in [-0.4, -0.2) is 91.7 Å². The summed E-state index contributed by atoms with van der Waals surface area (Å²) in [5.41, 5.74) is 2.65. The molecule has 4 aromatic carbocycles. The third-order valence-corrected chi connectivity index (χ3v) is 7.83. The Labute approximate surface area is 314 Å². The van der Waals surface area contributed by atoms with Crippen LogP contribution >= 0.6 is 0 Å². The van der Waals surface area contributed by atoms with Crippen molar-refractivity contribution in [3.8, 4) is 23.0 Å². The SMILES string of the molecule is COC(=O)CN(CC(=O)OC)c1cc(OCc2ccccc2)ccc1OCCOc1ccc(OCc2ccccc2)cc1N(CC(=O)OC)CC(=O)OC. The van der Waals surface area contributed by atoms with Gasteiger partial charge in [0.2, 0.25) is 0 Å². The van der Waals surface area contributed by atoms with Crippen molar-refractivity contribution >= 4 is 35.3 Å². The summed E-state index contributed by atoms with van der Waals surface area (Å²) >= 11 is 0. The molecule has 0 unspecified atom stereocenters. The van der Waals surface area contributed by atoms with E-state index in [-0.39, 0.29) is 52.6 Å². The van der Waals surface area contributed by atoms with Gasteiger partial charge in [0.25, 0.3) is 0 Å². The first-order chi connectivity index (χ1) is 26.2. The van der Waals surface area contributed by atoms with Crippen molar-refractivity contribution in [1.29, 1.82) is 0 Å². The molecule has 0 bridgehead atoms. The average Bonchev–Trinajstić information content (AvgIpc) is 3.21. The Morgan fingerprint density at radius 2 is 0.778 bits per heavy atom. The number of nitrogens with zero attached hydrogens (tertiary/aromatic N) is 2. The largest absolute Gasteiger partial charge is 0.489 e. The molecule has 0 radical (unpaired) electrons. The second-order valence-electron chi connectivity index (χ2n) is 11.5. The topological polar surface area (TPSA) is 149 Å². The van der Waals surface area contributed by atoms with Crippen LogP contribution in [0.1, 0.15) is 11.1 Å². The smallest absolute Gasteiger partial charge is 0.325 e. The Morgan fingerprint density at radius 1 is 0.444 bits per heavy atom. The van der Waals surface area contributed by atoms with Crippen molar-refractivity contribution in [3.63, 3.8) is 0 Å².